The Morgan fingerprint density at radius 1 is 0.857 bits per heavy atom. The molecule has 1 fully saturated rings. The molecule has 1 aliphatic rings. The number of benzene rings is 2. The Bertz CT molecular complexity index is 714. The molecule has 0 atom stereocenters. The Morgan fingerprint density at radius 3 is 1.82 bits per heavy atom. The van der Waals surface area contributed by atoms with E-state index in [1.165, 1.54) is 11.1 Å². The average molecular weight is 380 g/mol. The first kappa shape index (κ1) is 20.1. The summed E-state index contributed by atoms with van der Waals surface area (Å²) in [5, 5.41) is 12.2. The van der Waals surface area contributed by atoms with Crippen LogP contribution in [0.15, 0.2) is 60.7 Å². The molecule has 0 spiro atoms. The van der Waals surface area contributed by atoms with Crippen molar-refractivity contribution in [1.82, 2.24) is 10.2 Å². The molecular formula is C23H28N2O3. The normalized spacial score (nSPS) is 19.3. The van der Waals surface area contributed by atoms with Gasteiger partial charge in [0.15, 0.2) is 0 Å². The first-order chi connectivity index (χ1) is 13.6. The minimum Gasteiger partial charge on any atom is -0.481 e. The number of nitrogens with one attached hydrogen (secondary N) is 1. The van der Waals surface area contributed by atoms with Crippen molar-refractivity contribution in [3.8, 4) is 0 Å². The van der Waals surface area contributed by atoms with Crippen LogP contribution in [-0.2, 0) is 22.7 Å². The van der Waals surface area contributed by atoms with Crippen molar-refractivity contribution in [2.75, 3.05) is 6.54 Å². The van der Waals surface area contributed by atoms with E-state index < -0.39 is 5.97 Å². The molecule has 0 aliphatic heterocycles. The molecule has 1 aliphatic carbocycles. The van der Waals surface area contributed by atoms with Crippen molar-refractivity contribution in [3.63, 3.8) is 0 Å². The highest BCUT2D eigenvalue weighted by Crippen LogP contribution is 2.24. The lowest BCUT2D eigenvalue weighted by Gasteiger charge is -2.28. The highest BCUT2D eigenvalue weighted by atomic mass is 16.4. The molecule has 2 N–H and O–H groups in total. The van der Waals surface area contributed by atoms with Gasteiger partial charge in [0.05, 0.1) is 12.5 Å². The maximum absolute atomic E-state index is 12.6. The number of carboxylic acids is 1. The molecular weight excluding hydrogens is 352 g/mol. The van der Waals surface area contributed by atoms with Crippen molar-refractivity contribution in [2.45, 2.75) is 44.8 Å². The fourth-order valence-corrected chi connectivity index (χ4v) is 3.81. The SMILES string of the molecule is O=C(CN(Cc1ccccc1)Cc1ccccc1)NC1CCC(C(=O)O)CC1. The molecule has 1 saturated carbocycles. The van der Waals surface area contributed by atoms with Crippen molar-refractivity contribution >= 4 is 11.9 Å². The van der Waals surface area contributed by atoms with Crippen LogP contribution in [0.25, 0.3) is 0 Å². The summed E-state index contributed by atoms with van der Waals surface area (Å²) in [4.78, 5) is 25.9. The van der Waals surface area contributed by atoms with Crippen molar-refractivity contribution in [3.05, 3.63) is 71.8 Å². The molecule has 5 nitrogen and oxygen atoms in total. The molecule has 0 bridgehead atoms. The lowest BCUT2D eigenvalue weighted by atomic mass is 9.86. The third-order valence-corrected chi connectivity index (χ3v) is 5.31. The van der Waals surface area contributed by atoms with Gasteiger partial charge in [-0.2, -0.15) is 0 Å². The summed E-state index contributed by atoms with van der Waals surface area (Å²) in [7, 11) is 0. The molecule has 2 aromatic rings. The molecule has 5 heteroatoms. The van der Waals surface area contributed by atoms with Crippen LogP contribution in [-0.4, -0.2) is 34.5 Å². The van der Waals surface area contributed by atoms with Crippen LogP contribution in [0, 0.1) is 5.92 Å². The van der Waals surface area contributed by atoms with E-state index >= 15 is 0 Å². The molecule has 2 aromatic carbocycles. The smallest absolute Gasteiger partial charge is 0.306 e. The Hall–Kier alpha value is -2.66. The van der Waals surface area contributed by atoms with Crippen molar-refractivity contribution < 1.29 is 14.7 Å². The molecule has 148 valence electrons. The van der Waals surface area contributed by atoms with Gasteiger partial charge in [-0.25, -0.2) is 0 Å². The number of hydrogen-bond acceptors (Lipinski definition) is 3. The number of amides is 1. The number of rotatable bonds is 8. The van der Waals surface area contributed by atoms with Gasteiger partial charge < -0.3 is 10.4 Å². The molecule has 0 saturated heterocycles. The number of nitrogens with zero attached hydrogens (tertiary/aromatic N) is 1. The minimum absolute atomic E-state index is 0.00522. The highest BCUT2D eigenvalue weighted by Gasteiger charge is 2.27. The Balaban J connectivity index is 1.57. The largest absolute Gasteiger partial charge is 0.481 e. The van der Waals surface area contributed by atoms with Crippen LogP contribution in [0.1, 0.15) is 36.8 Å². The zero-order valence-corrected chi connectivity index (χ0v) is 16.1. The second-order valence-electron chi connectivity index (χ2n) is 7.57. The number of carbonyl (C=O) groups excluding carboxylic acids is 1. The first-order valence-electron chi connectivity index (χ1n) is 9.92. The molecule has 1 amide bonds. The fraction of sp³-hybridized carbons (Fsp3) is 0.391. The van der Waals surface area contributed by atoms with Crippen LogP contribution in [0.3, 0.4) is 0 Å². The standard InChI is InChI=1S/C23H28N2O3/c26-22(24-21-13-11-20(12-14-21)23(27)28)17-25(15-18-7-3-1-4-8-18)16-19-9-5-2-6-10-19/h1-10,20-21H,11-17H2,(H,24,26)(H,27,28). The van der Waals surface area contributed by atoms with Crippen LogP contribution < -0.4 is 5.32 Å². The van der Waals surface area contributed by atoms with Gasteiger partial charge in [0.1, 0.15) is 0 Å². The topological polar surface area (TPSA) is 69.6 Å². The summed E-state index contributed by atoms with van der Waals surface area (Å²) in [5.74, 6) is -0.979. The zero-order chi connectivity index (χ0) is 19.8. The van der Waals surface area contributed by atoms with E-state index in [0.717, 1.165) is 12.8 Å². The second-order valence-corrected chi connectivity index (χ2v) is 7.57. The minimum atomic E-state index is -0.721. The van der Waals surface area contributed by atoms with E-state index in [0.29, 0.717) is 32.5 Å². The fourth-order valence-electron chi connectivity index (χ4n) is 3.81. The Labute approximate surface area is 166 Å². The first-order valence-corrected chi connectivity index (χ1v) is 9.92. The van der Waals surface area contributed by atoms with E-state index in [2.05, 4.69) is 34.5 Å². The van der Waals surface area contributed by atoms with E-state index in [4.69, 9.17) is 5.11 Å². The quantitative estimate of drug-likeness (QED) is 0.736. The number of hydrogen-bond donors (Lipinski definition) is 2. The van der Waals surface area contributed by atoms with Crippen LogP contribution in [0.4, 0.5) is 0 Å². The summed E-state index contributed by atoms with van der Waals surface area (Å²) in [6.45, 7) is 1.73. The van der Waals surface area contributed by atoms with Gasteiger partial charge >= 0.3 is 5.97 Å². The predicted octanol–water partition coefficient (Wildman–Crippen LogP) is 3.45. The third-order valence-electron chi connectivity index (χ3n) is 5.31. The van der Waals surface area contributed by atoms with E-state index in [9.17, 15) is 9.59 Å². The summed E-state index contributed by atoms with van der Waals surface area (Å²) < 4.78 is 0. The molecule has 0 aromatic heterocycles. The van der Waals surface area contributed by atoms with Gasteiger partial charge in [-0.15, -0.1) is 0 Å². The van der Waals surface area contributed by atoms with E-state index in [1.807, 2.05) is 36.4 Å². The average Bonchev–Trinajstić information content (AvgIpc) is 2.70. The lowest BCUT2D eigenvalue weighted by molar-refractivity contribution is -0.142. The number of aliphatic carboxylic acids is 1. The highest BCUT2D eigenvalue weighted by molar-refractivity contribution is 5.78. The second kappa shape index (κ2) is 10.0. The lowest BCUT2D eigenvalue weighted by Crippen LogP contribution is -2.43. The Kier molecular flexibility index (Phi) is 7.20. The molecule has 0 radical (unpaired) electrons. The van der Waals surface area contributed by atoms with Crippen LogP contribution in [0.5, 0.6) is 0 Å². The summed E-state index contributed by atoms with van der Waals surface area (Å²) in [6, 6.07) is 20.4. The Morgan fingerprint density at radius 2 is 1.36 bits per heavy atom. The predicted molar refractivity (Wildman–Crippen MR) is 109 cm³/mol. The van der Waals surface area contributed by atoms with Crippen LogP contribution in [0.2, 0.25) is 0 Å². The maximum atomic E-state index is 12.6. The summed E-state index contributed by atoms with van der Waals surface area (Å²) in [6.07, 6.45) is 2.75. The zero-order valence-electron chi connectivity index (χ0n) is 16.1. The number of carbonyl (C=O) groups is 2. The molecule has 28 heavy (non-hydrogen) atoms. The van der Waals surface area contributed by atoms with Gasteiger partial charge in [0.2, 0.25) is 5.91 Å². The van der Waals surface area contributed by atoms with Crippen molar-refractivity contribution in [1.29, 1.82) is 0 Å². The molecule has 3 rings (SSSR count). The van der Waals surface area contributed by atoms with Gasteiger partial charge in [-0.3, -0.25) is 14.5 Å². The third kappa shape index (κ3) is 6.20. The van der Waals surface area contributed by atoms with Gasteiger partial charge in [-0.05, 0) is 36.8 Å². The van der Waals surface area contributed by atoms with E-state index in [-0.39, 0.29) is 17.9 Å². The van der Waals surface area contributed by atoms with Gasteiger partial charge in [0.25, 0.3) is 0 Å². The van der Waals surface area contributed by atoms with Crippen LogP contribution >= 0.6 is 0 Å². The summed E-state index contributed by atoms with van der Waals surface area (Å²) >= 11 is 0. The van der Waals surface area contributed by atoms with Gasteiger partial charge in [0, 0.05) is 19.1 Å². The number of carboxylic acid groups (broad SMARTS) is 1. The monoisotopic (exact) mass is 380 g/mol. The maximum Gasteiger partial charge on any atom is 0.306 e. The van der Waals surface area contributed by atoms with E-state index in [1.54, 1.807) is 0 Å². The molecule has 0 unspecified atom stereocenters. The van der Waals surface area contributed by atoms with Crippen molar-refractivity contribution in [2.24, 2.45) is 5.92 Å². The molecule has 0 heterocycles. The van der Waals surface area contributed by atoms with Gasteiger partial charge in [-0.1, -0.05) is 60.7 Å². The summed E-state index contributed by atoms with van der Waals surface area (Å²) in [5.41, 5.74) is 2.35.